The summed E-state index contributed by atoms with van der Waals surface area (Å²) in [7, 11) is -19.7. The van der Waals surface area contributed by atoms with Crippen molar-refractivity contribution in [1.82, 2.24) is 0 Å². The van der Waals surface area contributed by atoms with Gasteiger partial charge in [0.05, 0.1) is 0 Å². The van der Waals surface area contributed by atoms with Crippen molar-refractivity contribution in [2.24, 2.45) is 0 Å². The van der Waals surface area contributed by atoms with Crippen LogP contribution < -0.4 is 51.9 Å². The van der Waals surface area contributed by atoms with E-state index in [0.29, 0.717) is 0 Å². The highest BCUT2D eigenvalue weighted by Crippen LogP contribution is 2.29. The van der Waals surface area contributed by atoms with Crippen LogP contribution in [0.3, 0.4) is 0 Å². The van der Waals surface area contributed by atoms with E-state index < -0.39 is 42.3 Å². The predicted octanol–water partition coefficient (Wildman–Crippen LogP) is 7.79. The van der Waals surface area contributed by atoms with Crippen LogP contribution in [0.15, 0.2) is 328 Å². The highest BCUT2D eigenvalue weighted by molar-refractivity contribution is 7.15. The minimum absolute atomic E-state index is 0.899. The Kier molecular flexibility index (Phi) is 14.9. The van der Waals surface area contributed by atoms with Crippen LogP contribution in [0.25, 0.3) is 0 Å². The van der Waals surface area contributed by atoms with Crippen molar-refractivity contribution in [3.63, 3.8) is 0 Å². The first kappa shape index (κ1) is 49.2. The number of hydrogen-bond donors (Lipinski definition) is 0. The van der Waals surface area contributed by atoms with Gasteiger partial charge in [0.2, 0.25) is 0 Å². The first-order valence-corrected chi connectivity index (χ1v) is 34.1. The lowest BCUT2D eigenvalue weighted by atomic mass is 10.4. The van der Waals surface area contributed by atoms with Gasteiger partial charge in [-0.3, -0.25) is 0 Å². The maximum absolute atomic E-state index is 8.89. The molecule has 0 saturated carbocycles. The van der Waals surface area contributed by atoms with Crippen molar-refractivity contribution in [3.8, 4) is 0 Å². The Balaban J connectivity index is 1.36. The quantitative estimate of drug-likeness (QED) is 0.0732. The fraction of sp³-hybridized carbons (Fsp3) is 0. The van der Waals surface area contributed by atoms with E-state index >= 15 is 0 Å². The lowest BCUT2D eigenvalue weighted by Gasteiger charge is -2.49. The number of rotatable bonds is 20. The SMILES string of the molecule is C=C[Si](O[Si](O[Si](O[Si](O[Si](C=C)(c1ccccc1)c1ccccc1)(c1ccccc1)c1ccccc1)(c1ccccc1)c1ccccc1)(c1ccccc1)c1ccccc1)(c1ccccc1)c1ccccc1. The van der Waals surface area contributed by atoms with Crippen molar-refractivity contribution in [1.29, 1.82) is 0 Å². The van der Waals surface area contributed by atoms with E-state index in [4.69, 9.17) is 16.5 Å². The summed E-state index contributed by atoms with van der Waals surface area (Å²) in [6.07, 6.45) is 0. The van der Waals surface area contributed by atoms with Crippen molar-refractivity contribution in [2.75, 3.05) is 0 Å². The van der Waals surface area contributed by atoms with Crippen LogP contribution in [0.2, 0.25) is 0 Å². The molecule has 0 aromatic heterocycles. The summed E-state index contributed by atoms with van der Waals surface area (Å²) >= 11 is 0. The number of hydrogen-bond acceptors (Lipinski definition) is 4. The van der Waals surface area contributed by atoms with E-state index in [0.717, 1.165) is 51.9 Å². The molecule has 0 aliphatic carbocycles. The summed E-state index contributed by atoms with van der Waals surface area (Å²) in [6.45, 7) is 9.36. The van der Waals surface area contributed by atoms with Crippen LogP contribution in [0, 0.1) is 0 Å². The largest absolute Gasteiger partial charge is 0.419 e. The lowest BCUT2D eigenvalue weighted by molar-refractivity contribution is 0.330. The first-order chi connectivity index (χ1) is 36.0. The monoisotopic (exact) mass is 1030 g/mol. The minimum Gasteiger partial charge on any atom is -0.419 e. The minimum atomic E-state index is -4.33. The van der Waals surface area contributed by atoms with Gasteiger partial charge in [0.25, 0.3) is 16.6 Å². The molecule has 10 rings (SSSR count). The van der Waals surface area contributed by atoms with Gasteiger partial charge >= 0.3 is 25.7 Å². The van der Waals surface area contributed by atoms with Gasteiger partial charge in [-0.1, -0.05) is 315 Å². The zero-order chi connectivity index (χ0) is 49.9. The Labute approximate surface area is 435 Å². The third-order valence-electron chi connectivity index (χ3n) is 13.5. The maximum Gasteiger partial charge on any atom is 0.390 e. The Hall–Kier alpha value is -7.40. The molecule has 0 bridgehead atoms. The van der Waals surface area contributed by atoms with E-state index in [1.165, 1.54) is 0 Å². The second-order valence-corrected chi connectivity index (χ2v) is 34.3. The molecule has 0 saturated heterocycles. The summed E-state index contributed by atoms with van der Waals surface area (Å²) in [5.41, 5.74) is 4.15. The fourth-order valence-corrected chi connectivity index (χ4v) is 35.8. The lowest BCUT2D eigenvalue weighted by Crippen LogP contribution is -2.83. The van der Waals surface area contributed by atoms with Crippen LogP contribution >= 0.6 is 0 Å². The van der Waals surface area contributed by atoms with Gasteiger partial charge in [-0.25, -0.2) is 0 Å². The van der Waals surface area contributed by atoms with Gasteiger partial charge in [0, 0.05) is 0 Å². The average molecular weight is 1030 g/mol. The van der Waals surface area contributed by atoms with Crippen LogP contribution in [0.4, 0.5) is 0 Å². The van der Waals surface area contributed by atoms with E-state index in [2.05, 4.69) is 328 Å². The molecule has 4 nitrogen and oxygen atoms in total. The Morgan fingerprint density at radius 2 is 0.329 bits per heavy atom. The number of benzene rings is 10. The zero-order valence-electron chi connectivity index (χ0n) is 40.6. The second-order valence-electron chi connectivity index (χ2n) is 17.8. The molecule has 0 fully saturated rings. The normalized spacial score (nSPS) is 12.2. The zero-order valence-corrected chi connectivity index (χ0v) is 45.6. The topological polar surface area (TPSA) is 36.9 Å². The molecule has 0 aliphatic heterocycles. The molecule has 356 valence electrons. The molecule has 73 heavy (non-hydrogen) atoms. The van der Waals surface area contributed by atoms with Gasteiger partial charge in [-0.15, -0.1) is 13.2 Å². The van der Waals surface area contributed by atoms with Gasteiger partial charge < -0.3 is 16.5 Å². The third kappa shape index (κ3) is 9.58. The molecule has 10 aromatic carbocycles. The summed E-state index contributed by atoms with van der Waals surface area (Å²) in [5, 5.41) is 9.69. The summed E-state index contributed by atoms with van der Waals surface area (Å²) in [4.78, 5) is 0. The Morgan fingerprint density at radius 3 is 0.479 bits per heavy atom. The second kappa shape index (κ2) is 22.2. The van der Waals surface area contributed by atoms with Crippen LogP contribution in [-0.2, 0) is 16.5 Å². The molecular formula is C64H56O4Si5. The molecule has 0 unspecified atom stereocenters. The van der Waals surface area contributed by atoms with Gasteiger partial charge in [0.15, 0.2) is 0 Å². The highest BCUT2D eigenvalue weighted by Gasteiger charge is 2.63. The summed E-state index contributed by atoms with van der Waals surface area (Å²) < 4.78 is 34.9. The standard InChI is InChI=1S/C64H56O4Si5/c1-3-69(55-35-15-5-16-36-55,56-37-17-6-18-38-56)65-71(59-43-23-9-24-44-59,60-45-25-10-26-46-60)67-73(63-51-31-13-32-52-63,64-53-33-14-34-54-64)68-72(61-47-27-11-28-48-61,62-49-29-12-30-50-62)66-70(4-2,57-39-19-7-20-40-57)58-41-21-8-22-42-58/h3-54H,1-2H2. The summed E-state index contributed by atoms with van der Waals surface area (Å²) in [5.74, 6) is 0. The van der Waals surface area contributed by atoms with E-state index in [1.54, 1.807) is 0 Å². The molecule has 0 N–H and O–H groups in total. The molecule has 0 radical (unpaired) electrons. The third-order valence-corrected chi connectivity index (χ3v) is 35.4. The molecule has 0 heterocycles. The maximum atomic E-state index is 8.89. The van der Waals surface area contributed by atoms with Gasteiger partial charge in [0.1, 0.15) is 0 Å². The van der Waals surface area contributed by atoms with Crippen LogP contribution in [0.5, 0.6) is 0 Å². The smallest absolute Gasteiger partial charge is 0.390 e. The van der Waals surface area contributed by atoms with E-state index in [1.807, 2.05) is 0 Å². The molecule has 0 atom stereocenters. The first-order valence-electron chi connectivity index (χ1n) is 24.6. The highest BCUT2D eigenvalue weighted by atomic mass is 28.5. The molecule has 9 heteroatoms. The fourth-order valence-electron chi connectivity index (χ4n) is 9.94. The Bertz CT molecular complexity index is 2930. The summed E-state index contributed by atoms with van der Waals surface area (Å²) in [6, 6.07) is 106. The predicted molar refractivity (Wildman–Crippen MR) is 314 cm³/mol. The van der Waals surface area contributed by atoms with Crippen LogP contribution in [-0.4, -0.2) is 42.3 Å². The van der Waals surface area contributed by atoms with Crippen molar-refractivity contribution in [3.05, 3.63) is 328 Å². The van der Waals surface area contributed by atoms with Gasteiger partial charge in [-0.2, -0.15) is 0 Å². The van der Waals surface area contributed by atoms with Crippen molar-refractivity contribution >= 4 is 94.2 Å². The van der Waals surface area contributed by atoms with E-state index in [9.17, 15) is 0 Å². The molecule has 0 amide bonds. The van der Waals surface area contributed by atoms with Crippen molar-refractivity contribution < 1.29 is 16.5 Å². The average Bonchev–Trinajstić information content (AvgIpc) is 3.49. The van der Waals surface area contributed by atoms with Crippen LogP contribution in [0.1, 0.15) is 0 Å². The van der Waals surface area contributed by atoms with Crippen molar-refractivity contribution in [2.45, 2.75) is 0 Å². The van der Waals surface area contributed by atoms with Gasteiger partial charge in [-0.05, 0) is 51.9 Å². The molecule has 0 aliphatic rings. The van der Waals surface area contributed by atoms with E-state index in [-0.39, 0.29) is 0 Å². The molecular weight excluding hydrogens is 973 g/mol. The molecule has 10 aromatic rings. The Morgan fingerprint density at radius 1 is 0.192 bits per heavy atom. The molecule has 0 spiro atoms.